The van der Waals surface area contributed by atoms with Crippen molar-refractivity contribution in [1.29, 1.82) is 0 Å². The average molecular weight is 388 g/mol. The van der Waals surface area contributed by atoms with Gasteiger partial charge in [0.05, 0.1) is 5.69 Å². The molecule has 0 atom stereocenters. The molecule has 124 valence electrons. The van der Waals surface area contributed by atoms with Gasteiger partial charge in [0, 0.05) is 24.8 Å². The van der Waals surface area contributed by atoms with Crippen molar-refractivity contribution in [2.45, 2.75) is 12.8 Å². The first kappa shape index (κ1) is 16.5. The number of aryl methyl sites for hydroxylation is 1. The molecule has 1 amide bonds. The molecule has 0 aliphatic rings. The van der Waals surface area contributed by atoms with Crippen LogP contribution in [-0.2, 0) is 6.42 Å². The predicted molar refractivity (Wildman–Crippen MR) is 95.7 cm³/mol. The van der Waals surface area contributed by atoms with Crippen molar-refractivity contribution in [3.05, 3.63) is 64.7 Å². The number of halogens is 1. The second kappa shape index (κ2) is 7.49. The van der Waals surface area contributed by atoms with Gasteiger partial charge in [-0.3, -0.25) is 9.89 Å². The number of aromatic nitrogens is 2. The number of nitrogens with one attached hydrogen (secondary N) is 1. The molecule has 5 nitrogen and oxygen atoms in total. The molecule has 0 fully saturated rings. The molecule has 1 N–H and O–H groups in total. The Labute approximate surface area is 148 Å². The number of rotatable bonds is 6. The lowest BCUT2D eigenvalue weighted by Crippen LogP contribution is -2.27. The monoisotopic (exact) mass is 387 g/mol. The summed E-state index contributed by atoms with van der Waals surface area (Å²) in [5.41, 5.74) is 3.10. The number of hydrogen-bond acceptors (Lipinski definition) is 3. The van der Waals surface area contributed by atoms with Crippen molar-refractivity contribution in [3.63, 3.8) is 0 Å². The van der Waals surface area contributed by atoms with Crippen molar-refractivity contribution >= 4 is 21.8 Å². The molecule has 0 aliphatic carbocycles. The first-order valence-electron chi connectivity index (χ1n) is 7.74. The maximum Gasteiger partial charge on any atom is 0.289 e. The van der Waals surface area contributed by atoms with Gasteiger partial charge in [-0.05, 0) is 47.0 Å². The largest absolute Gasteiger partial charge is 0.444 e. The summed E-state index contributed by atoms with van der Waals surface area (Å²) in [6.07, 6.45) is 1.68. The third-order valence-electron chi connectivity index (χ3n) is 3.77. The van der Waals surface area contributed by atoms with Crippen LogP contribution in [0.2, 0.25) is 0 Å². The molecule has 6 heteroatoms. The Hall–Kier alpha value is -2.34. The van der Waals surface area contributed by atoms with Crippen molar-refractivity contribution in [2.75, 3.05) is 13.6 Å². The van der Waals surface area contributed by atoms with Gasteiger partial charge in [-0.1, -0.05) is 30.3 Å². The van der Waals surface area contributed by atoms with Crippen molar-refractivity contribution in [3.8, 4) is 11.3 Å². The van der Waals surface area contributed by atoms with Gasteiger partial charge in [0.15, 0.2) is 10.4 Å². The molecule has 24 heavy (non-hydrogen) atoms. The summed E-state index contributed by atoms with van der Waals surface area (Å²) in [5.74, 6) is 0.229. The van der Waals surface area contributed by atoms with E-state index < -0.39 is 0 Å². The topological polar surface area (TPSA) is 62.1 Å². The zero-order valence-electron chi connectivity index (χ0n) is 13.3. The standard InChI is InChI=1S/C18H18BrN3O2/c1-22(18(23)16-9-10-17(19)24-16)11-5-8-14-12-15(21-20-14)13-6-3-2-4-7-13/h2-4,6-7,9-10,12H,5,8,11H2,1H3,(H,20,21). The first-order chi connectivity index (χ1) is 11.6. The van der Waals surface area contributed by atoms with Gasteiger partial charge in [0.25, 0.3) is 5.91 Å². The Bertz CT molecular complexity index is 811. The molecular formula is C18H18BrN3O2. The smallest absolute Gasteiger partial charge is 0.289 e. The Balaban J connectivity index is 1.51. The summed E-state index contributed by atoms with van der Waals surface area (Å²) < 4.78 is 5.85. The van der Waals surface area contributed by atoms with E-state index in [1.54, 1.807) is 24.1 Å². The minimum Gasteiger partial charge on any atom is -0.444 e. The van der Waals surface area contributed by atoms with Crippen LogP contribution in [-0.4, -0.2) is 34.6 Å². The normalized spacial score (nSPS) is 10.8. The lowest BCUT2D eigenvalue weighted by atomic mass is 10.1. The predicted octanol–water partition coefficient (Wildman–Crippen LogP) is 4.14. The van der Waals surface area contributed by atoms with E-state index in [-0.39, 0.29) is 5.91 Å². The van der Waals surface area contributed by atoms with Crippen LogP contribution in [0.4, 0.5) is 0 Å². The zero-order valence-corrected chi connectivity index (χ0v) is 14.9. The van der Waals surface area contributed by atoms with Crippen molar-refractivity contribution in [2.24, 2.45) is 0 Å². The molecule has 0 bridgehead atoms. The van der Waals surface area contributed by atoms with E-state index in [4.69, 9.17) is 4.42 Å². The second-order valence-corrected chi connectivity index (χ2v) is 6.36. The highest BCUT2D eigenvalue weighted by Gasteiger charge is 2.15. The summed E-state index contributed by atoms with van der Waals surface area (Å²) in [5, 5.41) is 7.41. The summed E-state index contributed by atoms with van der Waals surface area (Å²) in [7, 11) is 1.78. The number of benzene rings is 1. The molecule has 3 aromatic rings. The summed E-state index contributed by atoms with van der Waals surface area (Å²) >= 11 is 3.21. The van der Waals surface area contributed by atoms with Crippen LogP contribution in [0.25, 0.3) is 11.3 Å². The average Bonchev–Trinajstić information content (AvgIpc) is 3.24. The number of carbonyl (C=O) groups excluding carboxylic acids is 1. The van der Waals surface area contributed by atoms with Crippen molar-refractivity contribution in [1.82, 2.24) is 15.1 Å². The van der Waals surface area contributed by atoms with E-state index in [1.807, 2.05) is 30.3 Å². The van der Waals surface area contributed by atoms with Crippen LogP contribution in [0, 0.1) is 0 Å². The number of hydrogen-bond donors (Lipinski definition) is 1. The van der Waals surface area contributed by atoms with Crippen LogP contribution >= 0.6 is 15.9 Å². The molecule has 2 heterocycles. The molecule has 0 radical (unpaired) electrons. The minimum atomic E-state index is -0.115. The van der Waals surface area contributed by atoms with E-state index in [2.05, 4.69) is 32.2 Å². The number of aromatic amines is 1. The van der Waals surface area contributed by atoms with Gasteiger partial charge < -0.3 is 9.32 Å². The minimum absolute atomic E-state index is 0.115. The van der Waals surface area contributed by atoms with Crippen LogP contribution in [0.1, 0.15) is 22.7 Å². The highest BCUT2D eigenvalue weighted by molar-refractivity contribution is 9.10. The van der Waals surface area contributed by atoms with Gasteiger partial charge in [0.2, 0.25) is 0 Å². The molecule has 0 saturated carbocycles. The van der Waals surface area contributed by atoms with Gasteiger partial charge >= 0.3 is 0 Å². The fraction of sp³-hybridized carbons (Fsp3) is 0.222. The van der Waals surface area contributed by atoms with Crippen LogP contribution in [0.3, 0.4) is 0 Å². The lowest BCUT2D eigenvalue weighted by Gasteiger charge is -2.15. The number of furan rings is 1. The second-order valence-electron chi connectivity index (χ2n) is 5.58. The molecule has 0 saturated heterocycles. The van der Waals surface area contributed by atoms with E-state index in [1.165, 1.54) is 0 Å². The maximum absolute atomic E-state index is 12.2. The lowest BCUT2D eigenvalue weighted by molar-refractivity contribution is 0.0760. The van der Waals surface area contributed by atoms with Gasteiger partial charge in [-0.15, -0.1) is 0 Å². The maximum atomic E-state index is 12.2. The number of carbonyl (C=O) groups is 1. The molecule has 1 aromatic carbocycles. The molecular weight excluding hydrogens is 370 g/mol. The van der Waals surface area contributed by atoms with E-state index in [0.29, 0.717) is 17.0 Å². The molecule has 0 unspecified atom stereocenters. The van der Waals surface area contributed by atoms with E-state index >= 15 is 0 Å². The summed E-state index contributed by atoms with van der Waals surface area (Å²) in [6.45, 7) is 0.650. The van der Waals surface area contributed by atoms with Crippen LogP contribution < -0.4 is 0 Å². The van der Waals surface area contributed by atoms with Gasteiger partial charge in [-0.2, -0.15) is 5.10 Å². The molecule has 3 rings (SSSR count). The van der Waals surface area contributed by atoms with Gasteiger partial charge in [-0.25, -0.2) is 0 Å². The number of H-pyrrole nitrogens is 1. The molecule has 0 aliphatic heterocycles. The van der Waals surface area contributed by atoms with Crippen LogP contribution in [0.15, 0.2) is 57.6 Å². The Morgan fingerprint density at radius 3 is 2.75 bits per heavy atom. The third-order valence-corrected chi connectivity index (χ3v) is 4.20. The number of nitrogens with zero attached hydrogens (tertiary/aromatic N) is 2. The van der Waals surface area contributed by atoms with Crippen molar-refractivity contribution < 1.29 is 9.21 Å². The fourth-order valence-corrected chi connectivity index (χ4v) is 2.78. The Morgan fingerprint density at radius 2 is 2.04 bits per heavy atom. The first-order valence-corrected chi connectivity index (χ1v) is 8.53. The zero-order chi connectivity index (χ0) is 16.9. The Kier molecular flexibility index (Phi) is 5.15. The van der Waals surface area contributed by atoms with Crippen LogP contribution in [0.5, 0.6) is 0 Å². The number of amides is 1. The SMILES string of the molecule is CN(CCCc1cc(-c2ccccc2)n[nH]1)C(=O)c1ccc(Br)o1. The van der Waals surface area contributed by atoms with E-state index in [9.17, 15) is 4.79 Å². The van der Waals surface area contributed by atoms with Gasteiger partial charge in [0.1, 0.15) is 0 Å². The Morgan fingerprint density at radius 1 is 1.25 bits per heavy atom. The highest BCUT2D eigenvalue weighted by atomic mass is 79.9. The third kappa shape index (κ3) is 3.94. The quantitative estimate of drug-likeness (QED) is 0.691. The van der Waals surface area contributed by atoms with E-state index in [0.717, 1.165) is 29.8 Å². The summed E-state index contributed by atoms with van der Waals surface area (Å²) in [6, 6.07) is 15.5. The fourth-order valence-electron chi connectivity index (χ4n) is 2.47. The molecule has 2 aromatic heterocycles. The summed E-state index contributed by atoms with van der Waals surface area (Å²) in [4.78, 5) is 13.8. The highest BCUT2D eigenvalue weighted by Crippen LogP contribution is 2.18. The molecule has 0 spiro atoms.